The predicted molar refractivity (Wildman–Crippen MR) is 95.8 cm³/mol. The first-order valence-corrected chi connectivity index (χ1v) is 11.4. The van der Waals surface area contributed by atoms with Crippen LogP contribution in [0.4, 0.5) is 0 Å². The van der Waals surface area contributed by atoms with Gasteiger partial charge in [-0.05, 0) is 18.1 Å². The molecule has 2 aromatic heterocycles. The third-order valence-corrected chi connectivity index (χ3v) is 9.74. The number of fused-ring (bicyclic) bond motifs is 1. The number of aliphatic hydroxyl groups is 1. The molecule has 0 aliphatic carbocycles. The molecule has 0 bridgehead atoms. The summed E-state index contributed by atoms with van der Waals surface area (Å²) in [4.78, 5) is 22.8. The lowest BCUT2D eigenvalue weighted by Crippen LogP contribution is -2.45. The molecule has 0 spiro atoms. The number of aromatic nitrogens is 4. The molecule has 0 saturated carbocycles. The summed E-state index contributed by atoms with van der Waals surface area (Å²) in [5, 5.41) is 9.61. The third kappa shape index (κ3) is 3.29. The van der Waals surface area contributed by atoms with Crippen LogP contribution in [0, 0.1) is 0 Å². The molecular formula is C16H26N4O4Si. The lowest BCUT2D eigenvalue weighted by Gasteiger charge is -2.39. The maximum absolute atomic E-state index is 11.9. The summed E-state index contributed by atoms with van der Waals surface area (Å²) in [6.45, 7) is 10.8. The van der Waals surface area contributed by atoms with Crippen molar-refractivity contribution in [1.29, 1.82) is 0 Å². The van der Waals surface area contributed by atoms with Crippen molar-refractivity contribution in [2.45, 2.75) is 63.8 Å². The zero-order valence-electron chi connectivity index (χ0n) is 15.3. The Morgan fingerprint density at radius 2 is 2.16 bits per heavy atom. The number of ether oxygens (including phenoxy) is 1. The van der Waals surface area contributed by atoms with Crippen LogP contribution in [0.25, 0.3) is 11.2 Å². The number of aromatic amines is 1. The first-order valence-electron chi connectivity index (χ1n) is 8.48. The van der Waals surface area contributed by atoms with E-state index in [0.29, 0.717) is 12.1 Å². The zero-order valence-corrected chi connectivity index (χ0v) is 16.3. The zero-order chi connectivity index (χ0) is 18.4. The summed E-state index contributed by atoms with van der Waals surface area (Å²) >= 11 is 0. The van der Waals surface area contributed by atoms with Gasteiger partial charge in [-0.15, -0.1) is 0 Å². The van der Waals surface area contributed by atoms with E-state index < -0.39 is 14.5 Å². The summed E-state index contributed by atoms with van der Waals surface area (Å²) < 4.78 is 14.3. The SMILES string of the molecule is CC(C)(C)[Si](C)(C)OC1C[C@@H](CO)O[C@H]1n1cnc2c(=O)[nH]cnc21. The maximum Gasteiger partial charge on any atom is 0.278 e. The van der Waals surface area contributed by atoms with Crippen LogP contribution < -0.4 is 5.56 Å². The van der Waals surface area contributed by atoms with Crippen molar-refractivity contribution in [3.63, 3.8) is 0 Å². The van der Waals surface area contributed by atoms with Crippen molar-refractivity contribution in [2.75, 3.05) is 6.61 Å². The lowest BCUT2D eigenvalue weighted by atomic mass is 10.2. The number of hydrogen-bond acceptors (Lipinski definition) is 6. The summed E-state index contributed by atoms with van der Waals surface area (Å²) in [5.41, 5.74) is 0.433. The van der Waals surface area contributed by atoms with Gasteiger partial charge >= 0.3 is 0 Å². The van der Waals surface area contributed by atoms with Crippen LogP contribution in [0.15, 0.2) is 17.4 Å². The molecule has 3 atom stereocenters. The largest absolute Gasteiger partial charge is 0.409 e. The van der Waals surface area contributed by atoms with E-state index in [1.807, 2.05) is 0 Å². The van der Waals surface area contributed by atoms with Gasteiger partial charge in [-0.2, -0.15) is 0 Å². The minimum Gasteiger partial charge on any atom is -0.409 e. The molecule has 1 fully saturated rings. The molecule has 2 aromatic rings. The summed E-state index contributed by atoms with van der Waals surface area (Å²) in [5.74, 6) is 0. The van der Waals surface area contributed by atoms with Gasteiger partial charge in [-0.1, -0.05) is 20.8 Å². The fourth-order valence-corrected chi connectivity index (χ4v) is 4.11. The monoisotopic (exact) mass is 366 g/mol. The van der Waals surface area contributed by atoms with E-state index in [1.165, 1.54) is 6.33 Å². The second kappa shape index (κ2) is 6.31. The van der Waals surface area contributed by atoms with E-state index >= 15 is 0 Å². The number of rotatable bonds is 4. The summed E-state index contributed by atoms with van der Waals surface area (Å²) in [6.07, 6.45) is 2.50. The van der Waals surface area contributed by atoms with Gasteiger partial charge in [0.1, 0.15) is 0 Å². The molecule has 1 unspecified atom stereocenters. The molecule has 0 radical (unpaired) electrons. The van der Waals surface area contributed by atoms with Gasteiger partial charge in [0.05, 0.1) is 31.5 Å². The highest BCUT2D eigenvalue weighted by Gasteiger charge is 2.45. The lowest BCUT2D eigenvalue weighted by molar-refractivity contribution is -0.0460. The highest BCUT2D eigenvalue weighted by Crippen LogP contribution is 2.41. The highest BCUT2D eigenvalue weighted by atomic mass is 28.4. The average Bonchev–Trinajstić information content (AvgIpc) is 3.10. The molecular weight excluding hydrogens is 340 g/mol. The normalized spacial score (nSPS) is 25.0. The van der Waals surface area contributed by atoms with Crippen LogP contribution in [-0.4, -0.2) is 51.8 Å². The van der Waals surface area contributed by atoms with Crippen molar-refractivity contribution in [3.05, 3.63) is 23.0 Å². The number of H-pyrrole nitrogens is 1. The van der Waals surface area contributed by atoms with Crippen LogP contribution in [0.3, 0.4) is 0 Å². The number of hydrogen-bond donors (Lipinski definition) is 2. The smallest absolute Gasteiger partial charge is 0.278 e. The van der Waals surface area contributed by atoms with Crippen molar-refractivity contribution >= 4 is 19.5 Å². The van der Waals surface area contributed by atoms with Gasteiger partial charge in [-0.25, -0.2) is 9.97 Å². The fraction of sp³-hybridized carbons (Fsp3) is 0.688. The molecule has 9 heteroatoms. The summed E-state index contributed by atoms with van der Waals surface area (Å²) in [7, 11) is -2.03. The molecule has 0 aromatic carbocycles. The standard InChI is InChI=1S/C16H26N4O4Si/c1-16(2,3)25(4,5)24-11-6-10(7-21)23-15(11)20-9-19-12-13(20)17-8-18-14(12)22/h8-11,15,21H,6-7H2,1-5H3,(H,17,18,22)/t10-,11?,15+/m0/s1. The molecule has 2 N–H and O–H groups in total. The molecule has 138 valence electrons. The second-order valence-electron chi connectivity index (χ2n) is 8.04. The molecule has 3 heterocycles. The Morgan fingerprint density at radius 3 is 2.80 bits per heavy atom. The van der Waals surface area contributed by atoms with Crippen LogP contribution in [0.5, 0.6) is 0 Å². The van der Waals surface area contributed by atoms with Crippen LogP contribution >= 0.6 is 0 Å². The minimum absolute atomic E-state index is 0.0568. The molecule has 25 heavy (non-hydrogen) atoms. The molecule has 1 saturated heterocycles. The topological polar surface area (TPSA) is 102 Å². The van der Waals surface area contributed by atoms with Gasteiger partial charge in [0.15, 0.2) is 25.7 Å². The summed E-state index contributed by atoms with van der Waals surface area (Å²) in [6, 6.07) is 0. The average molecular weight is 366 g/mol. The Hall–Kier alpha value is -1.55. The van der Waals surface area contributed by atoms with E-state index in [2.05, 4.69) is 48.8 Å². The predicted octanol–water partition coefficient (Wildman–Crippen LogP) is 1.79. The molecule has 3 rings (SSSR count). The minimum atomic E-state index is -2.03. The number of imidazole rings is 1. The van der Waals surface area contributed by atoms with Crippen LogP contribution in [0.2, 0.25) is 18.1 Å². The Bertz CT molecular complexity index is 810. The van der Waals surface area contributed by atoms with Crippen molar-refractivity contribution in [2.24, 2.45) is 0 Å². The number of aliphatic hydroxyl groups excluding tert-OH is 1. The van der Waals surface area contributed by atoms with Gasteiger partial charge < -0.3 is 19.3 Å². The Morgan fingerprint density at radius 1 is 1.44 bits per heavy atom. The quantitative estimate of drug-likeness (QED) is 0.800. The van der Waals surface area contributed by atoms with Crippen molar-refractivity contribution in [3.8, 4) is 0 Å². The van der Waals surface area contributed by atoms with E-state index in [-0.39, 0.29) is 34.9 Å². The van der Waals surface area contributed by atoms with E-state index in [4.69, 9.17) is 9.16 Å². The Kier molecular flexibility index (Phi) is 4.61. The maximum atomic E-state index is 11.9. The van der Waals surface area contributed by atoms with E-state index in [1.54, 1.807) is 10.9 Å². The van der Waals surface area contributed by atoms with Gasteiger partial charge in [-0.3, -0.25) is 9.36 Å². The van der Waals surface area contributed by atoms with Crippen LogP contribution in [0.1, 0.15) is 33.4 Å². The second-order valence-corrected chi connectivity index (χ2v) is 12.8. The Balaban J connectivity index is 1.97. The molecule has 8 nitrogen and oxygen atoms in total. The molecule has 0 amide bonds. The fourth-order valence-electron chi connectivity index (χ4n) is 2.79. The first-order chi connectivity index (χ1) is 11.6. The van der Waals surface area contributed by atoms with Gasteiger partial charge in [0, 0.05) is 6.42 Å². The Labute approximate surface area is 147 Å². The van der Waals surface area contributed by atoms with E-state index in [9.17, 15) is 9.90 Å². The molecule has 1 aliphatic heterocycles. The van der Waals surface area contributed by atoms with Crippen molar-refractivity contribution < 1.29 is 14.3 Å². The van der Waals surface area contributed by atoms with Crippen LogP contribution in [-0.2, 0) is 9.16 Å². The van der Waals surface area contributed by atoms with Crippen molar-refractivity contribution in [1.82, 2.24) is 19.5 Å². The number of nitrogens with zero attached hydrogens (tertiary/aromatic N) is 3. The van der Waals surface area contributed by atoms with Gasteiger partial charge in [0.2, 0.25) is 0 Å². The highest BCUT2D eigenvalue weighted by molar-refractivity contribution is 6.74. The number of nitrogens with one attached hydrogen (secondary N) is 1. The van der Waals surface area contributed by atoms with Gasteiger partial charge in [0.25, 0.3) is 5.56 Å². The van der Waals surface area contributed by atoms with E-state index in [0.717, 1.165) is 0 Å². The first kappa shape index (κ1) is 18.2. The molecule has 1 aliphatic rings. The third-order valence-electron chi connectivity index (χ3n) is 5.24.